The number of rotatable bonds is 4. The predicted octanol–water partition coefficient (Wildman–Crippen LogP) is 0.855. The molecule has 0 aliphatic carbocycles. The Hall–Kier alpha value is -1.14. The van der Waals surface area contributed by atoms with Gasteiger partial charge in [0.2, 0.25) is 5.82 Å². The molecule has 0 aliphatic heterocycles. The predicted molar refractivity (Wildman–Crippen MR) is 63.6 cm³/mol. The molecule has 1 aromatic rings. The first kappa shape index (κ1) is 11.9. The van der Waals surface area contributed by atoms with Crippen molar-refractivity contribution in [3.63, 3.8) is 0 Å². The number of aromatic nitrogens is 2. The summed E-state index contributed by atoms with van der Waals surface area (Å²) in [5.41, 5.74) is 11.4. The molecule has 5 nitrogen and oxygen atoms in total. The molecule has 1 aromatic heterocycles. The van der Waals surface area contributed by atoms with E-state index in [1.54, 1.807) is 5.37 Å². The van der Waals surface area contributed by atoms with Crippen LogP contribution in [0.1, 0.15) is 18.5 Å². The molecule has 0 saturated heterocycles. The number of unbranched alkanes of at least 4 members (excludes halogenated alkanes) is 1. The number of anilines is 2. The highest BCUT2D eigenvalue weighted by molar-refractivity contribution is 7.78. The minimum atomic E-state index is -0.186. The van der Waals surface area contributed by atoms with Crippen molar-refractivity contribution in [2.24, 2.45) is 0 Å². The van der Waals surface area contributed by atoms with Crippen LogP contribution in [0.4, 0.5) is 11.8 Å². The van der Waals surface area contributed by atoms with Crippen molar-refractivity contribution in [2.75, 3.05) is 11.5 Å². The molecule has 0 aromatic carbocycles. The Bertz CT molecular complexity index is 385. The van der Waals surface area contributed by atoms with Gasteiger partial charge in [-0.1, -0.05) is 23.8 Å². The molecular formula is C8H11ClN4OS. The second-order valence-electron chi connectivity index (χ2n) is 2.97. The van der Waals surface area contributed by atoms with Gasteiger partial charge in [0, 0.05) is 6.42 Å². The van der Waals surface area contributed by atoms with Gasteiger partial charge in [-0.25, -0.2) is 4.73 Å². The molecule has 0 aliphatic rings. The molecule has 0 fully saturated rings. The van der Waals surface area contributed by atoms with Crippen molar-refractivity contribution in [2.45, 2.75) is 19.3 Å². The van der Waals surface area contributed by atoms with Crippen LogP contribution in [0.3, 0.4) is 0 Å². The summed E-state index contributed by atoms with van der Waals surface area (Å²) in [6.45, 7) is 0. The summed E-state index contributed by atoms with van der Waals surface area (Å²) in [5.74, 6) is -0.296. The summed E-state index contributed by atoms with van der Waals surface area (Å²) in [6.07, 6.45) is 2.18. The van der Waals surface area contributed by atoms with Crippen LogP contribution in [0.2, 0.25) is 5.02 Å². The Balaban J connectivity index is 2.93. The third-order valence-corrected chi connectivity index (χ3v) is 2.54. The minimum absolute atomic E-state index is 0.110. The molecule has 0 amide bonds. The van der Waals surface area contributed by atoms with Gasteiger partial charge in [0.15, 0.2) is 0 Å². The summed E-state index contributed by atoms with van der Waals surface area (Å²) >= 11 is 10.5. The highest BCUT2D eigenvalue weighted by Crippen LogP contribution is 2.20. The van der Waals surface area contributed by atoms with E-state index in [2.05, 4.69) is 4.98 Å². The molecule has 7 heteroatoms. The van der Waals surface area contributed by atoms with E-state index >= 15 is 0 Å². The summed E-state index contributed by atoms with van der Waals surface area (Å²) in [4.78, 5) is 3.87. The molecule has 1 heterocycles. The lowest BCUT2D eigenvalue weighted by Crippen LogP contribution is -2.36. The second-order valence-corrected chi connectivity index (χ2v) is 3.68. The number of hydrogen-bond acceptors (Lipinski definition) is 5. The number of nitrogens with zero attached hydrogens (tertiary/aromatic N) is 2. The van der Waals surface area contributed by atoms with E-state index in [4.69, 9.17) is 35.3 Å². The van der Waals surface area contributed by atoms with Gasteiger partial charge in [-0.3, -0.25) is 0 Å². The smallest absolute Gasteiger partial charge is 0.344 e. The molecule has 0 saturated carbocycles. The van der Waals surface area contributed by atoms with Gasteiger partial charge < -0.3 is 16.7 Å². The van der Waals surface area contributed by atoms with Crippen LogP contribution < -0.4 is 16.2 Å². The fourth-order valence-electron chi connectivity index (χ4n) is 1.11. The zero-order valence-electron chi connectivity index (χ0n) is 7.94. The number of nitrogen functional groups attached to an aromatic ring is 2. The normalized spacial score (nSPS) is 10.2. The van der Waals surface area contributed by atoms with Crippen LogP contribution in [0.15, 0.2) is 0 Å². The molecule has 0 spiro atoms. The maximum atomic E-state index is 11.2. The van der Waals surface area contributed by atoms with Gasteiger partial charge in [-0.05, 0) is 18.2 Å². The van der Waals surface area contributed by atoms with Gasteiger partial charge in [-0.15, -0.1) is 4.98 Å². The van der Waals surface area contributed by atoms with Crippen molar-refractivity contribution in [3.05, 3.63) is 15.9 Å². The van der Waals surface area contributed by atoms with E-state index in [0.717, 1.165) is 12.8 Å². The van der Waals surface area contributed by atoms with Crippen molar-refractivity contribution < 1.29 is 4.73 Å². The summed E-state index contributed by atoms with van der Waals surface area (Å²) < 4.78 is 0.311. The zero-order valence-corrected chi connectivity index (χ0v) is 9.51. The first-order chi connectivity index (χ1) is 7.07. The van der Waals surface area contributed by atoms with Gasteiger partial charge >= 0.3 is 5.95 Å². The molecule has 82 valence electrons. The van der Waals surface area contributed by atoms with Gasteiger partial charge in [0.05, 0.1) is 0 Å². The Labute approximate surface area is 97.6 Å². The van der Waals surface area contributed by atoms with E-state index in [1.807, 2.05) is 0 Å². The number of aryl methyl sites for hydroxylation is 1. The number of halogens is 1. The number of hydrogen-bond donors (Lipinski definition) is 2. The van der Waals surface area contributed by atoms with E-state index in [-0.39, 0.29) is 16.8 Å². The molecular weight excluding hydrogens is 236 g/mol. The van der Waals surface area contributed by atoms with Crippen molar-refractivity contribution >= 4 is 41.0 Å². The maximum Gasteiger partial charge on any atom is 0.344 e. The Morgan fingerprint density at radius 3 is 2.80 bits per heavy atom. The zero-order chi connectivity index (χ0) is 11.4. The number of nitrogens with two attached hydrogens (primary N) is 2. The first-order valence-corrected chi connectivity index (χ1v) is 5.19. The van der Waals surface area contributed by atoms with E-state index in [1.165, 1.54) is 0 Å². The SMILES string of the molecule is Nc1nc(CCCC=S)c(Cl)c(N)[n+]1[O-]. The molecule has 0 radical (unpaired) electrons. The third kappa shape index (κ3) is 2.66. The molecule has 4 N–H and O–H groups in total. The van der Waals surface area contributed by atoms with Crippen molar-refractivity contribution in [1.82, 2.24) is 4.98 Å². The molecule has 1 rings (SSSR count). The monoisotopic (exact) mass is 246 g/mol. The maximum absolute atomic E-state index is 11.2. The fraction of sp³-hybridized carbons (Fsp3) is 0.375. The van der Waals surface area contributed by atoms with E-state index < -0.39 is 0 Å². The van der Waals surface area contributed by atoms with Crippen LogP contribution in [0, 0.1) is 5.21 Å². The van der Waals surface area contributed by atoms with Crippen LogP contribution in [-0.2, 0) is 6.42 Å². The lowest BCUT2D eigenvalue weighted by Gasteiger charge is -2.12. The van der Waals surface area contributed by atoms with E-state index in [9.17, 15) is 5.21 Å². The topological polar surface area (TPSA) is 91.9 Å². The van der Waals surface area contributed by atoms with Gasteiger partial charge in [-0.2, -0.15) is 0 Å². The van der Waals surface area contributed by atoms with Crippen molar-refractivity contribution in [3.8, 4) is 0 Å². The standard InChI is InChI=1S/C8H11ClN4OS/c9-6-5(3-1-2-4-15)12-8(11)13(14)7(6)10/h4H,1-3,10H2,(H2,11,12). The van der Waals surface area contributed by atoms with Gasteiger partial charge in [0.25, 0.3) is 0 Å². The van der Waals surface area contributed by atoms with Crippen LogP contribution in [0.25, 0.3) is 0 Å². The average molecular weight is 247 g/mol. The highest BCUT2D eigenvalue weighted by Gasteiger charge is 2.15. The van der Waals surface area contributed by atoms with Crippen molar-refractivity contribution in [1.29, 1.82) is 0 Å². The second kappa shape index (κ2) is 5.09. The summed E-state index contributed by atoms with van der Waals surface area (Å²) in [5, 5.41) is 13.0. The molecule has 0 bridgehead atoms. The van der Waals surface area contributed by atoms with Crippen LogP contribution in [-0.4, -0.2) is 10.4 Å². The Kier molecular flexibility index (Phi) is 4.05. The summed E-state index contributed by atoms with van der Waals surface area (Å²) in [6, 6.07) is 0. The highest BCUT2D eigenvalue weighted by atomic mass is 35.5. The molecule has 0 unspecified atom stereocenters. The Morgan fingerprint density at radius 1 is 1.53 bits per heavy atom. The third-order valence-electron chi connectivity index (χ3n) is 1.89. The average Bonchev–Trinajstić information content (AvgIpc) is 2.23. The first-order valence-electron chi connectivity index (χ1n) is 4.34. The lowest BCUT2D eigenvalue weighted by molar-refractivity contribution is -0.577. The quantitative estimate of drug-likeness (QED) is 0.356. The fourth-order valence-corrected chi connectivity index (χ4v) is 1.49. The molecule has 0 atom stereocenters. The summed E-state index contributed by atoms with van der Waals surface area (Å²) in [7, 11) is 0. The lowest BCUT2D eigenvalue weighted by atomic mass is 10.2. The van der Waals surface area contributed by atoms with Crippen LogP contribution in [0.5, 0.6) is 0 Å². The molecule has 15 heavy (non-hydrogen) atoms. The Morgan fingerprint density at radius 2 is 2.20 bits per heavy atom. The van der Waals surface area contributed by atoms with Gasteiger partial charge in [0.1, 0.15) is 10.7 Å². The van der Waals surface area contributed by atoms with E-state index in [0.29, 0.717) is 16.8 Å². The van der Waals surface area contributed by atoms with Crippen LogP contribution >= 0.6 is 23.8 Å². The number of thiocarbonyl (C=S) groups is 1. The largest absolute Gasteiger partial charge is 0.754 e. The minimum Gasteiger partial charge on any atom is -0.754 e.